The van der Waals surface area contributed by atoms with E-state index >= 15 is 0 Å². The fourth-order valence-electron chi connectivity index (χ4n) is 1.93. The van der Waals surface area contributed by atoms with Crippen LogP contribution in [0.3, 0.4) is 0 Å². The van der Waals surface area contributed by atoms with Crippen LogP contribution in [0.1, 0.15) is 36.7 Å². The van der Waals surface area contributed by atoms with Gasteiger partial charge >= 0.3 is 0 Å². The standard InChI is InChI=1S/C15H20BrN5/c1-9(2)13-19-14(10(3)15(20-13)21-17)18-8-11-6-4-5-7-12(11)16/h4-7,9H,8,17H2,1-3H3,(H2,18,19,20,21). The number of aromatic nitrogens is 2. The summed E-state index contributed by atoms with van der Waals surface area (Å²) in [6, 6.07) is 8.10. The molecule has 0 amide bonds. The number of hydrazine groups is 1. The van der Waals surface area contributed by atoms with Crippen molar-refractivity contribution in [3.8, 4) is 0 Å². The highest BCUT2D eigenvalue weighted by Crippen LogP contribution is 2.24. The van der Waals surface area contributed by atoms with Gasteiger partial charge in [0.15, 0.2) is 0 Å². The van der Waals surface area contributed by atoms with Crippen molar-refractivity contribution in [1.29, 1.82) is 0 Å². The van der Waals surface area contributed by atoms with Gasteiger partial charge in [-0.05, 0) is 18.6 Å². The van der Waals surface area contributed by atoms with Gasteiger partial charge in [-0.25, -0.2) is 15.8 Å². The summed E-state index contributed by atoms with van der Waals surface area (Å²) < 4.78 is 1.07. The lowest BCUT2D eigenvalue weighted by Gasteiger charge is -2.15. The number of nitrogens with two attached hydrogens (primary N) is 1. The minimum atomic E-state index is 0.238. The fraction of sp³-hybridized carbons (Fsp3) is 0.333. The van der Waals surface area contributed by atoms with Gasteiger partial charge in [-0.3, -0.25) is 0 Å². The van der Waals surface area contributed by atoms with Gasteiger partial charge in [-0.1, -0.05) is 48.0 Å². The highest BCUT2D eigenvalue weighted by Gasteiger charge is 2.12. The van der Waals surface area contributed by atoms with Crippen LogP contribution in [0, 0.1) is 6.92 Å². The molecule has 0 bridgehead atoms. The predicted octanol–water partition coefficient (Wildman–Crippen LogP) is 3.57. The van der Waals surface area contributed by atoms with Crippen LogP contribution < -0.4 is 16.6 Å². The number of anilines is 2. The first-order valence-corrected chi connectivity index (χ1v) is 7.64. The van der Waals surface area contributed by atoms with E-state index in [9.17, 15) is 0 Å². The zero-order valence-corrected chi connectivity index (χ0v) is 14.0. The number of benzene rings is 1. The molecule has 2 aromatic rings. The molecule has 1 aromatic heterocycles. The van der Waals surface area contributed by atoms with E-state index in [1.54, 1.807) is 0 Å². The average Bonchev–Trinajstić information content (AvgIpc) is 2.47. The van der Waals surface area contributed by atoms with Crippen LogP contribution in [0.5, 0.6) is 0 Å². The first-order valence-electron chi connectivity index (χ1n) is 6.85. The smallest absolute Gasteiger partial charge is 0.148 e. The van der Waals surface area contributed by atoms with E-state index in [0.29, 0.717) is 12.4 Å². The number of hydrogen-bond donors (Lipinski definition) is 3. The summed E-state index contributed by atoms with van der Waals surface area (Å²) in [4.78, 5) is 9.02. The van der Waals surface area contributed by atoms with Gasteiger partial charge in [0.05, 0.1) is 0 Å². The molecule has 112 valence electrons. The summed E-state index contributed by atoms with van der Waals surface area (Å²) in [5.41, 5.74) is 4.72. The molecule has 0 aliphatic rings. The molecule has 0 aliphatic heterocycles. The zero-order valence-electron chi connectivity index (χ0n) is 12.4. The molecule has 0 aliphatic carbocycles. The quantitative estimate of drug-likeness (QED) is 0.568. The molecule has 0 saturated carbocycles. The molecule has 0 spiro atoms. The van der Waals surface area contributed by atoms with Crippen LogP contribution in [0.4, 0.5) is 11.6 Å². The van der Waals surface area contributed by atoms with Gasteiger partial charge in [-0.15, -0.1) is 0 Å². The van der Waals surface area contributed by atoms with Crippen LogP contribution in [0.25, 0.3) is 0 Å². The Morgan fingerprint density at radius 1 is 1.19 bits per heavy atom. The molecular formula is C15H20BrN5. The molecule has 4 N–H and O–H groups in total. The van der Waals surface area contributed by atoms with Crippen molar-refractivity contribution >= 4 is 27.6 Å². The van der Waals surface area contributed by atoms with Gasteiger partial charge in [0.1, 0.15) is 17.5 Å². The zero-order chi connectivity index (χ0) is 15.4. The Labute approximate surface area is 133 Å². The van der Waals surface area contributed by atoms with Crippen LogP contribution in [-0.2, 0) is 6.54 Å². The summed E-state index contributed by atoms with van der Waals surface area (Å²) in [5, 5.41) is 3.36. The van der Waals surface area contributed by atoms with Crippen LogP contribution >= 0.6 is 15.9 Å². The summed E-state index contributed by atoms with van der Waals surface area (Å²) in [6.45, 7) is 6.74. The van der Waals surface area contributed by atoms with Gasteiger partial charge in [-0.2, -0.15) is 0 Å². The molecule has 0 atom stereocenters. The first kappa shape index (κ1) is 15.7. The second-order valence-electron chi connectivity index (χ2n) is 5.15. The van der Waals surface area contributed by atoms with Crippen molar-refractivity contribution < 1.29 is 0 Å². The average molecular weight is 350 g/mol. The van der Waals surface area contributed by atoms with Crippen LogP contribution in [0.15, 0.2) is 28.7 Å². The monoisotopic (exact) mass is 349 g/mol. The second-order valence-corrected chi connectivity index (χ2v) is 6.00. The maximum atomic E-state index is 5.54. The Hall–Kier alpha value is -1.66. The molecule has 0 saturated heterocycles. The third-order valence-corrected chi connectivity index (χ3v) is 3.99. The third kappa shape index (κ3) is 3.71. The number of halogens is 1. The highest BCUT2D eigenvalue weighted by molar-refractivity contribution is 9.10. The molecule has 0 radical (unpaired) electrons. The van der Waals surface area contributed by atoms with Crippen molar-refractivity contribution in [2.75, 3.05) is 10.7 Å². The van der Waals surface area contributed by atoms with Crippen molar-refractivity contribution in [3.05, 3.63) is 45.7 Å². The Balaban J connectivity index is 2.27. The van der Waals surface area contributed by atoms with E-state index in [1.165, 1.54) is 5.56 Å². The second kappa shape index (κ2) is 6.87. The molecule has 0 fully saturated rings. The minimum absolute atomic E-state index is 0.238. The number of nitrogens with zero attached hydrogens (tertiary/aromatic N) is 2. The first-order chi connectivity index (χ1) is 10.0. The van der Waals surface area contributed by atoms with Gasteiger partial charge in [0.2, 0.25) is 0 Å². The van der Waals surface area contributed by atoms with Gasteiger partial charge in [0.25, 0.3) is 0 Å². The number of nitrogens with one attached hydrogen (secondary N) is 2. The molecule has 5 nitrogen and oxygen atoms in total. The number of hydrogen-bond acceptors (Lipinski definition) is 5. The Morgan fingerprint density at radius 3 is 2.48 bits per heavy atom. The van der Waals surface area contributed by atoms with Crippen molar-refractivity contribution in [1.82, 2.24) is 9.97 Å². The van der Waals surface area contributed by atoms with Crippen LogP contribution in [0.2, 0.25) is 0 Å². The largest absolute Gasteiger partial charge is 0.366 e. The van der Waals surface area contributed by atoms with E-state index in [1.807, 2.05) is 25.1 Å². The van der Waals surface area contributed by atoms with Crippen LogP contribution in [-0.4, -0.2) is 9.97 Å². The number of rotatable bonds is 5. The fourth-order valence-corrected chi connectivity index (χ4v) is 2.35. The maximum Gasteiger partial charge on any atom is 0.148 e. The van der Waals surface area contributed by atoms with Crippen molar-refractivity contribution in [3.63, 3.8) is 0 Å². The normalized spacial score (nSPS) is 10.8. The van der Waals surface area contributed by atoms with E-state index < -0.39 is 0 Å². The SMILES string of the molecule is Cc1c(NN)nc(C(C)C)nc1NCc1ccccc1Br. The lowest BCUT2D eigenvalue weighted by molar-refractivity contribution is 0.772. The van der Waals surface area contributed by atoms with Gasteiger partial charge < -0.3 is 10.7 Å². The van der Waals surface area contributed by atoms with Crippen molar-refractivity contribution in [2.45, 2.75) is 33.2 Å². The summed E-state index contributed by atoms with van der Waals surface area (Å²) in [5.74, 6) is 8.01. The Bertz CT molecular complexity index is 627. The Kier molecular flexibility index (Phi) is 5.14. The summed E-state index contributed by atoms with van der Waals surface area (Å²) >= 11 is 3.55. The lowest BCUT2D eigenvalue weighted by atomic mass is 10.2. The molecular weight excluding hydrogens is 330 g/mol. The predicted molar refractivity (Wildman–Crippen MR) is 90.1 cm³/mol. The van der Waals surface area contributed by atoms with Crippen molar-refractivity contribution in [2.24, 2.45) is 5.84 Å². The topological polar surface area (TPSA) is 75.9 Å². The molecule has 21 heavy (non-hydrogen) atoms. The number of nitrogen functional groups attached to an aromatic ring is 1. The minimum Gasteiger partial charge on any atom is -0.366 e. The van der Waals surface area contributed by atoms with E-state index in [-0.39, 0.29) is 5.92 Å². The summed E-state index contributed by atoms with van der Waals surface area (Å²) in [7, 11) is 0. The molecule has 2 rings (SSSR count). The van der Waals surface area contributed by atoms with Gasteiger partial charge in [0, 0.05) is 22.5 Å². The summed E-state index contributed by atoms with van der Waals surface area (Å²) in [6.07, 6.45) is 0. The van der Waals surface area contributed by atoms with E-state index in [4.69, 9.17) is 5.84 Å². The molecule has 1 aromatic carbocycles. The highest BCUT2D eigenvalue weighted by atomic mass is 79.9. The van der Waals surface area contributed by atoms with E-state index in [2.05, 4.69) is 56.6 Å². The lowest BCUT2D eigenvalue weighted by Crippen LogP contribution is -2.15. The maximum absolute atomic E-state index is 5.54. The Morgan fingerprint density at radius 2 is 1.86 bits per heavy atom. The molecule has 6 heteroatoms. The molecule has 1 heterocycles. The third-order valence-electron chi connectivity index (χ3n) is 3.22. The molecule has 0 unspecified atom stereocenters. The van der Waals surface area contributed by atoms with E-state index in [0.717, 1.165) is 21.7 Å².